The molecule has 0 radical (unpaired) electrons. The number of aliphatic hydroxyl groups excluding tert-OH is 1. The number of allylic oxidation sites excluding steroid dienone is 1. The van der Waals surface area contributed by atoms with Crippen molar-refractivity contribution in [3.63, 3.8) is 0 Å². The molecule has 2 amide bonds. The number of carbonyl (C=O) groups is 3. The molecule has 2 bridgehead atoms. The van der Waals surface area contributed by atoms with E-state index in [4.69, 9.17) is 4.74 Å². The van der Waals surface area contributed by atoms with E-state index in [2.05, 4.69) is 47.8 Å². The first kappa shape index (κ1) is 30.7. The molecular formula is C30H48N2O5S. The molecule has 8 heteroatoms. The molecule has 2 unspecified atom stereocenters. The van der Waals surface area contributed by atoms with E-state index in [0.717, 1.165) is 19.3 Å². The number of amides is 2. The van der Waals surface area contributed by atoms with Crippen molar-refractivity contribution in [3.8, 4) is 0 Å². The van der Waals surface area contributed by atoms with Crippen molar-refractivity contribution in [2.45, 2.75) is 108 Å². The van der Waals surface area contributed by atoms with Crippen molar-refractivity contribution in [2.75, 3.05) is 19.8 Å². The van der Waals surface area contributed by atoms with E-state index in [1.807, 2.05) is 11.8 Å². The molecule has 214 valence electrons. The van der Waals surface area contributed by atoms with Crippen LogP contribution in [0.3, 0.4) is 0 Å². The smallest absolute Gasteiger partial charge is 0.310 e. The van der Waals surface area contributed by atoms with Gasteiger partial charge in [-0.05, 0) is 57.8 Å². The van der Waals surface area contributed by atoms with Gasteiger partial charge in [0.15, 0.2) is 0 Å². The molecule has 0 aliphatic carbocycles. The van der Waals surface area contributed by atoms with Gasteiger partial charge >= 0.3 is 5.97 Å². The molecular weight excluding hydrogens is 500 g/mol. The Balaban J connectivity index is 2.04. The van der Waals surface area contributed by atoms with Crippen LogP contribution in [0.2, 0.25) is 0 Å². The molecule has 38 heavy (non-hydrogen) atoms. The minimum Gasteiger partial charge on any atom is -0.465 e. The second-order valence-corrected chi connectivity index (χ2v) is 14.5. The number of ether oxygens (including phenoxy) is 1. The Morgan fingerprint density at radius 3 is 2.50 bits per heavy atom. The molecule has 0 aromatic carbocycles. The number of likely N-dealkylation sites (tertiary alicyclic amines) is 1. The van der Waals surface area contributed by atoms with Gasteiger partial charge in [-0.25, -0.2) is 0 Å². The van der Waals surface area contributed by atoms with Gasteiger partial charge in [0.1, 0.15) is 6.04 Å². The topological polar surface area (TPSA) is 87.2 Å². The fraction of sp³-hybridized carbons (Fsp3) is 0.767. The maximum absolute atomic E-state index is 14.7. The zero-order valence-electron chi connectivity index (χ0n) is 24.2. The maximum atomic E-state index is 14.7. The summed E-state index contributed by atoms with van der Waals surface area (Å²) < 4.78 is 4.94. The van der Waals surface area contributed by atoms with Gasteiger partial charge in [-0.15, -0.1) is 24.9 Å². The van der Waals surface area contributed by atoms with Gasteiger partial charge in [-0.1, -0.05) is 39.8 Å². The zero-order chi connectivity index (χ0) is 28.5. The van der Waals surface area contributed by atoms with Crippen LogP contribution in [0.5, 0.6) is 0 Å². The first-order valence-corrected chi connectivity index (χ1v) is 15.0. The van der Waals surface area contributed by atoms with Gasteiger partial charge in [0.2, 0.25) is 11.8 Å². The van der Waals surface area contributed by atoms with Crippen LogP contribution < -0.4 is 0 Å². The van der Waals surface area contributed by atoms with Gasteiger partial charge in [0.25, 0.3) is 0 Å². The van der Waals surface area contributed by atoms with Crippen molar-refractivity contribution in [2.24, 2.45) is 17.3 Å². The number of carbonyl (C=O) groups excluding carboxylic acids is 3. The monoisotopic (exact) mass is 548 g/mol. The van der Waals surface area contributed by atoms with Gasteiger partial charge in [-0.2, -0.15) is 0 Å². The van der Waals surface area contributed by atoms with Crippen LogP contribution in [0, 0.1) is 17.3 Å². The average Bonchev–Trinajstić information content (AvgIpc) is 3.47. The number of esters is 1. The summed E-state index contributed by atoms with van der Waals surface area (Å²) in [6.45, 7) is 20.6. The first-order valence-electron chi connectivity index (χ1n) is 14.1. The second-order valence-electron chi connectivity index (χ2n) is 12.9. The molecule has 0 aromatic heterocycles. The molecule has 3 rings (SSSR count). The summed E-state index contributed by atoms with van der Waals surface area (Å²) in [6.07, 6.45) is 7.72. The summed E-state index contributed by atoms with van der Waals surface area (Å²) in [5.74, 6) is -1.84. The molecule has 3 fully saturated rings. The van der Waals surface area contributed by atoms with E-state index in [9.17, 15) is 19.5 Å². The lowest BCUT2D eigenvalue weighted by atomic mass is 9.71. The number of thioether (sulfide) groups is 1. The summed E-state index contributed by atoms with van der Waals surface area (Å²) in [7, 11) is 0. The summed E-state index contributed by atoms with van der Waals surface area (Å²) >= 11 is 1.64. The molecule has 0 aromatic rings. The third kappa shape index (κ3) is 5.58. The Morgan fingerprint density at radius 1 is 1.26 bits per heavy atom. The number of nitrogens with zero attached hydrogens (tertiary/aromatic N) is 2. The lowest BCUT2D eigenvalue weighted by Gasteiger charge is -2.46. The molecule has 3 heterocycles. The van der Waals surface area contributed by atoms with Crippen LogP contribution >= 0.6 is 11.8 Å². The van der Waals surface area contributed by atoms with Crippen LogP contribution in [0.4, 0.5) is 0 Å². The van der Waals surface area contributed by atoms with Gasteiger partial charge in [0, 0.05) is 17.3 Å². The van der Waals surface area contributed by atoms with E-state index in [-0.39, 0.29) is 35.1 Å². The van der Waals surface area contributed by atoms with Crippen molar-refractivity contribution in [1.82, 2.24) is 9.80 Å². The Bertz CT molecular complexity index is 924. The highest BCUT2D eigenvalue weighted by Gasteiger charge is 2.75. The quantitative estimate of drug-likeness (QED) is 0.206. The van der Waals surface area contributed by atoms with Gasteiger partial charge < -0.3 is 19.6 Å². The normalized spacial score (nSPS) is 29.2. The number of hydrogen-bond acceptors (Lipinski definition) is 6. The van der Waals surface area contributed by atoms with Crippen molar-refractivity contribution in [1.29, 1.82) is 0 Å². The lowest BCUT2D eigenvalue weighted by molar-refractivity contribution is -0.154. The van der Waals surface area contributed by atoms with Gasteiger partial charge in [-0.3, -0.25) is 14.4 Å². The molecule has 1 spiro atoms. The van der Waals surface area contributed by atoms with Crippen LogP contribution in [0.15, 0.2) is 25.3 Å². The maximum Gasteiger partial charge on any atom is 0.310 e. The zero-order valence-corrected chi connectivity index (χ0v) is 25.0. The van der Waals surface area contributed by atoms with E-state index in [1.165, 1.54) is 0 Å². The number of rotatable bonds is 13. The van der Waals surface area contributed by atoms with E-state index in [1.54, 1.807) is 28.8 Å². The van der Waals surface area contributed by atoms with Crippen LogP contribution in [0.1, 0.15) is 80.1 Å². The standard InChI is InChI=1S/C30H48N2O5S/c1-9-12-13-17-37-27(36)22-21-14-15-30(38-21)23(22)25(34)32(20(11-3)18-33)24(30)26(35)31(16-10-2)29(7,8)19-28(4,5)6/h9-10,20-24,33H,1-2,11-19H2,3-8H3/t20-,21-,22+,23-,24?,30?/m0/s1. The average molecular weight is 549 g/mol. The first-order chi connectivity index (χ1) is 17.8. The van der Waals surface area contributed by atoms with Crippen LogP contribution in [-0.4, -0.2) is 80.1 Å². The number of unbranched alkanes of at least 4 members (excludes halogenated alkanes) is 1. The lowest BCUT2D eigenvalue weighted by Crippen LogP contribution is -2.61. The van der Waals surface area contributed by atoms with Crippen LogP contribution in [-0.2, 0) is 19.1 Å². The Kier molecular flexibility index (Phi) is 9.50. The summed E-state index contributed by atoms with van der Waals surface area (Å²) in [5.41, 5.74) is -0.508. The predicted octanol–water partition coefficient (Wildman–Crippen LogP) is 4.59. The van der Waals surface area contributed by atoms with Crippen molar-refractivity contribution in [3.05, 3.63) is 25.3 Å². The number of hydrogen-bond donors (Lipinski definition) is 1. The SMILES string of the molecule is C=CCCCOC(=O)[C@@H]1[C@@H]2CCC3(S2)C(C(=O)N(CC=C)C(C)(C)CC(C)(C)C)N([C@@H](CC)CO)C(=O)[C@H]13. The molecule has 6 atom stereocenters. The minimum atomic E-state index is -0.746. The van der Waals surface area contributed by atoms with E-state index >= 15 is 0 Å². The highest BCUT2D eigenvalue weighted by atomic mass is 32.2. The Morgan fingerprint density at radius 2 is 1.95 bits per heavy atom. The predicted molar refractivity (Wildman–Crippen MR) is 153 cm³/mol. The fourth-order valence-electron chi connectivity index (χ4n) is 7.25. The van der Waals surface area contributed by atoms with Crippen molar-refractivity contribution < 1.29 is 24.2 Å². The molecule has 3 saturated heterocycles. The highest BCUT2D eigenvalue weighted by molar-refractivity contribution is 8.02. The second kappa shape index (κ2) is 11.7. The minimum absolute atomic E-state index is 0.0206. The Hall–Kier alpha value is -1.80. The van der Waals surface area contributed by atoms with Crippen molar-refractivity contribution >= 4 is 29.5 Å². The van der Waals surface area contributed by atoms with E-state index in [0.29, 0.717) is 32.4 Å². The third-order valence-corrected chi connectivity index (χ3v) is 10.3. The van der Waals surface area contributed by atoms with Gasteiger partial charge in [0.05, 0.1) is 35.8 Å². The molecule has 7 nitrogen and oxygen atoms in total. The fourth-order valence-corrected chi connectivity index (χ4v) is 9.43. The number of aliphatic hydroxyl groups is 1. The van der Waals surface area contributed by atoms with Crippen LogP contribution in [0.25, 0.3) is 0 Å². The summed E-state index contributed by atoms with van der Waals surface area (Å²) in [5, 5.41) is 10.2. The molecule has 0 saturated carbocycles. The van der Waals surface area contributed by atoms with E-state index < -0.39 is 34.2 Å². The Labute approximate surface area is 233 Å². The largest absolute Gasteiger partial charge is 0.465 e. The molecule has 3 aliphatic heterocycles. The highest BCUT2D eigenvalue weighted by Crippen LogP contribution is 2.67. The summed E-state index contributed by atoms with van der Waals surface area (Å²) in [4.78, 5) is 45.7. The molecule has 1 N–H and O–H groups in total. The summed E-state index contributed by atoms with van der Waals surface area (Å²) in [6, 6.07) is -1.23. The molecule has 3 aliphatic rings. The number of fused-ring (bicyclic) bond motifs is 1. The third-order valence-electron chi connectivity index (χ3n) is 8.39.